The molecule has 0 saturated heterocycles. The Bertz CT molecular complexity index is 1130. The molecule has 0 radical (unpaired) electrons. The molecule has 114 valence electrons. The summed E-state index contributed by atoms with van der Waals surface area (Å²) in [5.41, 5.74) is 6.62. The summed E-state index contributed by atoms with van der Waals surface area (Å²) < 4.78 is 5.47. The van der Waals surface area contributed by atoms with E-state index in [1.807, 2.05) is 30.3 Å². The molecule has 0 fully saturated rings. The number of carbonyl (C=O) groups excluding carboxylic acids is 1. The van der Waals surface area contributed by atoms with Gasteiger partial charge in [0.05, 0.1) is 11.8 Å². The Hall–Kier alpha value is -3.59. The highest BCUT2D eigenvalue weighted by atomic mass is 16.5. The van der Waals surface area contributed by atoms with Crippen LogP contribution in [0.25, 0.3) is 10.8 Å². The van der Waals surface area contributed by atoms with E-state index in [4.69, 9.17) is 10.5 Å². The average molecular weight is 314 g/mol. The van der Waals surface area contributed by atoms with Crippen LogP contribution >= 0.6 is 0 Å². The van der Waals surface area contributed by atoms with Gasteiger partial charge < -0.3 is 10.5 Å². The van der Waals surface area contributed by atoms with Crippen molar-refractivity contribution in [3.05, 3.63) is 70.7 Å². The normalized spacial score (nSPS) is 21.0. The average Bonchev–Trinajstić information content (AvgIpc) is 3.15. The predicted molar refractivity (Wildman–Crippen MR) is 85.1 cm³/mol. The van der Waals surface area contributed by atoms with E-state index in [-0.39, 0.29) is 17.2 Å². The minimum atomic E-state index is -1.30. The summed E-state index contributed by atoms with van der Waals surface area (Å²) in [6, 6.07) is 13.4. The molecule has 5 rings (SSSR count). The number of nitrogens with zero attached hydrogens (tertiary/aromatic N) is 2. The number of nitriles is 1. The Labute approximate surface area is 136 Å². The van der Waals surface area contributed by atoms with E-state index in [2.05, 4.69) is 16.3 Å². The second kappa shape index (κ2) is 4.03. The number of aromatic nitrogens is 2. The van der Waals surface area contributed by atoms with Crippen LogP contribution in [-0.4, -0.2) is 16.0 Å². The van der Waals surface area contributed by atoms with Gasteiger partial charge in [0.2, 0.25) is 11.8 Å². The first kappa shape index (κ1) is 12.9. The lowest BCUT2D eigenvalue weighted by molar-refractivity contribution is 0.0936. The predicted octanol–water partition coefficient (Wildman–Crippen LogP) is 2.13. The van der Waals surface area contributed by atoms with Gasteiger partial charge in [0.15, 0.2) is 5.78 Å². The fraction of sp³-hybridized carbons (Fsp3) is 0.0556. The van der Waals surface area contributed by atoms with Crippen LogP contribution in [0.3, 0.4) is 0 Å². The Morgan fingerprint density at radius 1 is 1.21 bits per heavy atom. The number of fused-ring (bicyclic) bond motifs is 3. The smallest absolute Gasteiger partial charge is 0.222 e. The number of benzene rings is 2. The highest BCUT2D eigenvalue weighted by molar-refractivity contribution is 6.24. The van der Waals surface area contributed by atoms with E-state index in [1.54, 1.807) is 6.07 Å². The van der Waals surface area contributed by atoms with Gasteiger partial charge >= 0.3 is 0 Å². The monoisotopic (exact) mass is 314 g/mol. The van der Waals surface area contributed by atoms with Gasteiger partial charge in [-0.2, -0.15) is 10.4 Å². The maximum absolute atomic E-state index is 13.5. The minimum Gasteiger partial charge on any atom is -0.422 e. The molecular formula is C18H10N4O2. The molecule has 0 bridgehead atoms. The van der Waals surface area contributed by atoms with E-state index in [0.29, 0.717) is 17.0 Å². The number of ketones is 1. The molecule has 3 N–H and O–H groups in total. The molecule has 1 aliphatic carbocycles. The number of hydrogen-bond donors (Lipinski definition) is 2. The Morgan fingerprint density at radius 3 is 2.79 bits per heavy atom. The van der Waals surface area contributed by atoms with Gasteiger partial charge in [-0.25, -0.2) is 5.10 Å². The largest absolute Gasteiger partial charge is 0.422 e. The molecule has 0 saturated carbocycles. The number of Topliss-reactive ketones (excluding diaryl/α,β-unsaturated/α-hetero) is 1. The summed E-state index contributed by atoms with van der Waals surface area (Å²) in [5, 5.41) is 18.3. The van der Waals surface area contributed by atoms with Crippen LogP contribution in [0.15, 0.2) is 54.1 Å². The summed E-state index contributed by atoms with van der Waals surface area (Å²) in [4.78, 5) is 13.5. The second-order valence-electron chi connectivity index (χ2n) is 5.85. The van der Waals surface area contributed by atoms with Crippen LogP contribution < -0.4 is 10.5 Å². The van der Waals surface area contributed by atoms with Crippen LogP contribution in [0.1, 0.15) is 21.5 Å². The number of allylic oxidation sites excluding steroid dienone is 1. The Morgan fingerprint density at radius 2 is 2.00 bits per heavy atom. The van der Waals surface area contributed by atoms with Gasteiger partial charge in [-0.1, -0.05) is 36.4 Å². The van der Waals surface area contributed by atoms with Crippen molar-refractivity contribution >= 4 is 16.6 Å². The van der Waals surface area contributed by atoms with Crippen molar-refractivity contribution in [3.8, 4) is 11.9 Å². The molecule has 1 spiro atoms. The van der Waals surface area contributed by atoms with Gasteiger partial charge in [-0.3, -0.25) is 4.79 Å². The third kappa shape index (κ3) is 1.19. The first-order chi connectivity index (χ1) is 11.7. The van der Waals surface area contributed by atoms with E-state index in [0.717, 1.165) is 16.3 Å². The fourth-order valence-corrected chi connectivity index (χ4v) is 3.92. The van der Waals surface area contributed by atoms with Crippen LogP contribution in [0.2, 0.25) is 0 Å². The molecule has 24 heavy (non-hydrogen) atoms. The third-order valence-electron chi connectivity index (χ3n) is 4.85. The van der Waals surface area contributed by atoms with Crippen LogP contribution in [0.4, 0.5) is 0 Å². The summed E-state index contributed by atoms with van der Waals surface area (Å²) in [5.74, 6) is 0.0387. The number of rotatable bonds is 0. The summed E-state index contributed by atoms with van der Waals surface area (Å²) in [7, 11) is 0. The lowest BCUT2D eigenvalue weighted by atomic mass is 9.69. The SMILES string of the molecule is N#CC1=C(N)Oc2[nH]ncc2C12C(=O)c1cccc3cccc2c13. The standard InChI is InChI=1S/C18H10N4O2/c19-7-12-16(20)24-17-13(8-21-22-17)18(12)11-6-2-4-9-3-1-5-10(14(9)11)15(18)23/h1-6,8H,20H2,(H,21,22). The van der Waals surface area contributed by atoms with Gasteiger partial charge in [0.1, 0.15) is 17.1 Å². The van der Waals surface area contributed by atoms with E-state index in [9.17, 15) is 10.1 Å². The molecular weight excluding hydrogens is 304 g/mol. The van der Waals surface area contributed by atoms with E-state index >= 15 is 0 Å². The van der Waals surface area contributed by atoms with Crippen LogP contribution in [0.5, 0.6) is 5.88 Å². The lowest BCUT2D eigenvalue weighted by Gasteiger charge is -2.32. The number of nitrogens with two attached hydrogens (primary N) is 1. The molecule has 2 aromatic carbocycles. The topological polar surface area (TPSA) is 105 Å². The van der Waals surface area contributed by atoms with Crippen LogP contribution in [-0.2, 0) is 5.41 Å². The van der Waals surface area contributed by atoms with E-state index < -0.39 is 5.41 Å². The highest BCUT2D eigenvalue weighted by Crippen LogP contribution is 2.54. The number of hydrogen-bond acceptors (Lipinski definition) is 5. The van der Waals surface area contributed by atoms with Gasteiger partial charge in [0, 0.05) is 5.56 Å². The van der Waals surface area contributed by atoms with E-state index in [1.165, 1.54) is 6.20 Å². The third-order valence-corrected chi connectivity index (χ3v) is 4.85. The van der Waals surface area contributed by atoms with Crippen molar-refractivity contribution in [1.82, 2.24) is 10.2 Å². The van der Waals surface area contributed by atoms with Crippen molar-refractivity contribution in [2.45, 2.75) is 5.41 Å². The zero-order valence-corrected chi connectivity index (χ0v) is 12.3. The Kier molecular flexibility index (Phi) is 2.17. The summed E-state index contributed by atoms with van der Waals surface area (Å²) in [6.45, 7) is 0. The highest BCUT2D eigenvalue weighted by Gasteiger charge is 2.57. The molecule has 0 amide bonds. The number of H-pyrrole nitrogens is 1. The van der Waals surface area contributed by atoms with Gasteiger partial charge in [-0.15, -0.1) is 0 Å². The molecule has 1 aliphatic heterocycles. The number of ether oxygens (including phenoxy) is 1. The number of carbonyl (C=O) groups is 1. The zero-order chi connectivity index (χ0) is 16.5. The molecule has 1 atom stereocenters. The molecule has 6 nitrogen and oxygen atoms in total. The summed E-state index contributed by atoms with van der Waals surface area (Å²) in [6.07, 6.45) is 1.53. The number of nitrogens with one attached hydrogen (secondary N) is 1. The molecule has 3 aromatic rings. The zero-order valence-electron chi connectivity index (χ0n) is 12.3. The van der Waals surface area contributed by atoms with Crippen molar-refractivity contribution in [2.24, 2.45) is 5.73 Å². The molecule has 1 aromatic heterocycles. The lowest BCUT2D eigenvalue weighted by Crippen LogP contribution is -2.40. The Balaban J connectivity index is 2.02. The second-order valence-corrected chi connectivity index (χ2v) is 5.85. The number of aromatic amines is 1. The van der Waals surface area contributed by atoms with Crippen molar-refractivity contribution < 1.29 is 9.53 Å². The van der Waals surface area contributed by atoms with Gasteiger partial charge in [0.25, 0.3) is 0 Å². The minimum absolute atomic E-state index is 0.0765. The molecule has 1 unspecified atom stereocenters. The first-order valence-electron chi connectivity index (χ1n) is 7.38. The quantitative estimate of drug-likeness (QED) is 0.661. The van der Waals surface area contributed by atoms with Crippen molar-refractivity contribution in [2.75, 3.05) is 0 Å². The molecule has 6 heteroatoms. The van der Waals surface area contributed by atoms with Crippen molar-refractivity contribution in [3.63, 3.8) is 0 Å². The first-order valence-corrected chi connectivity index (χ1v) is 7.38. The molecule has 2 heterocycles. The maximum atomic E-state index is 13.5. The summed E-state index contributed by atoms with van der Waals surface area (Å²) >= 11 is 0. The van der Waals surface area contributed by atoms with Crippen LogP contribution in [0, 0.1) is 11.3 Å². The van der Waals surface area contributed by atoms with Gasteiger partial charge in [-0.05, 0) is 16.3 Å². The molecule has 2 aliphatic rings. The van der Waals surface area contributed by atoms with Crippen molar-refractivity contribution in [1.29, 1.82) is 5.26 Å². The fourth-order valence-electron chi connectivity index (χ4n) is 3.92. The maximum Gasteiger partial charge on any atom is 0.222 e.